The van der Waals surface area contributed by atoms with Gasteiger partial charge in [-0.2, -0.15) is 0 Å². The maximum atomic E-state index is 12.0. The molecule has 0 aliphatic rings. The summed E-state index contributed by atoms with van der Waals surface area (Å²) in [4.78, 5) is 12.0. The minimum atomic E-state index is 0.00770. The Morgan fingerprint density at radius 1 is 1.12 bits per heavy atom. The molecule has 3 rings (SSSR count). The average molecular weight is 388 g/mol. The fourth-order valence-corrected chi connectivity index (χ4v) is 4.41. The molecule has 128 valence electrons. The van der Waals surface area contributed by atoms with E-state index in [4.69, 9.17) is 12.2 Å². The van der Waals surface area contributed by atoms with Crippen LogP contribution >= 0.6 is 35.3 Å². The highest BCUT2D eigenvalue weighted by atomic mass is 32.2. The van der Waals surface area contributed by atoms with Crippen LogP contribution in [0.3, 0.4) is 0 Å². The molecule has 4 nitrogen and oxygen atoms in total. The van der Waals surface area contributed by atoms with Crippen LogP contribution in [0, 0.1) is 3.95 Å². The Bertz CT molecular complexity index is 875. The summed E-state index contributed by atoms with van der Waals surface area (Å²) in [6.07, 6.45) is 0.832. The van der Waals surface area contributed by atoms with Crippen molar-refractivity contribution >= 4 is 41.2 Å². The molecule has 0 saturated heterocycles. The Morgan fingerprint density at radius 3 is 2.52 bits per heavy atom. The molecule has 1 heterocycles. The Hall–Kier alpha value is -1.96. The van der Waals surface area contributed by atoms with Crippen LogP contribution in [-0.2, 0) is 11.2 Å². The van der Waals surface area contributed by atoms with Gasteiger partial charge in [-0.3, -0.25) is 4.79 Å². The molecule has 0 spiro atoms. The topological polar surface area (TPSA) is 46.9 Å². The highest BCUT2D eigenvalue weighted by Crippen LogP contribution is 2.23. The fraction of sp³-hybridized carbons (Fsp3) is 0.167. The van der Waals surface area contributed by atoms with E-state index in [9.17, 15) is 4.79 Å². The third kappa shape index (κ3) is 5.26. The van der Waals surface area contributed by atoms with Crippen molar-refractivity contribution in [2.75, 3.05) is 12.3 Å². The smallest absolute Gasteiger partial charge is 0.230 e. The van der Waals surface area contributed by atoms with Gasteiger partial charge >= 0.3 is 0 Å². The predicted molar refractivity (Wildman–Crippen MR) is 106 cm³/mol. The third-order valence-corrected chi connectivity index (χ3v) is 5.80. The van der Waals surface area contributed by atoms with Crippen LogP contribution in [0.2, 0.25) is 0 Å². The normalized spacial score (nSPS) is 10.6. The minimum Gasteiger partial charge on any atom is -0.355 e. The summed E-state index contributed by atoms with van der Waals surface area (Å²) < 4.78 is 3.21. The second-order valence-electron chi connectivity index (χ2n) is 5.26. The number of hydrogen-bond donors (Lipinski definition) is 1. The fourth-order valence-electron chi connectivity index (χ4n) is 2.22. The van der Waals surface area contributed by atoms with Crippen LogP contribution in [0.5, 0.6) is 0 Å². The van der Waals surface area contributed by atoms with Crippen molar-refractivity contribution in [1.82, 2.24) is 15.1 Å². The average Bonchev–Trinajstić information content (AvgIpc) is 3.02. The summed E-state index contributed by atoms with van der Waals surface area (Å²) >= 11 is 8.20. The molecule has 0 atom stereocenters. The van der Waals surface area contributed by atoms with E-state index in [0.29, 0.717) is 16.3 Å². The lowest BCUT2D eigenvalue weighted by molar-refractivity contribution is -0.118. The van der Waals surface area contributed by atoms with Gasteiger partial charge < -0.3 is 5.32 Å². The van der Waals surface area contributed by atoms with E-state index in [2.05, 4.69) is 22.5 Å². The van der Waals surface area contributed by atoms with E-state index >= 15 is 0 Å². The molecule has 0 saturated carbocycles. The van der Waals surface area contributed by atoms with Gasteiger partial charge in [-0.15, -0.1) is 5.10 Å². The Morgan fingerprint density at radius 2 is 1.80 bits per heavy atom. The molecule has 0 aliphatic heterocycles. The van der Waals surface area contributed by atoms with Crippen molar-refractivity contribution in [3.05, 3.63) is 70.2 Å². The van der Waals surface area contributed by atoms with Crippen LogP contribution in [0.15, 0.2) is 65.0 Å². The van der Waals surface area contributed by atoms with Gasteiger partial charge in [0.2, 0.25) is 5.91 Å². The van der Waals surface area contributed by atoms with Gasteiger partial charge in [0.05, 0.1) is 11.4 Å². The standard InChI is InChI=1S/C18H17N3OS3/c22-16(19-12-11-14-7-3-1-4-8-14)13-24-17-20-21(18(23)25-17)15-9-5-2-6-10-15/h1-10H,11-13H2,(H,19,22). The van der Waals surface area contributed by atoms with Crippen LogP contribution in [-0.4, -0.2) is 28.0 Å². The summed E-state index contributed by atoms with van der Waals surface area (Å²) in [5.74, 6) is 0.347. The number of carbonyl (C=O) groups is 1. The number of nitrogens with one attached hydrogen (secondary N) is 1. The molecule has 0 bridgehead atoms. The van der Waals surface area contributed by atoms with Gasteiger partial charge in [0, 0.05) is 6.54 Å². The van der Waals surface area contributed by atoms with E-state index in [-0.39, 0.29) is 5.91 Å². The van der Waals surface area contributed by atoms with Crippen molar-refractivity contribution in [1.29, 1.82) is 0 Å². The number of hydrogen-bond acceptors (Lipinski definition) is 5. The Labute approximate surface area is 159 Å². The molecule has 0 fully saturated rings. The predicted octanol–water partition coefficient (Wildman–Crippen LogP) is 4.11. The van der Waals surface area contributed by atoms with Crippen molar-refractivity contribution in [2.45, 2.75) is 10.8 Å². The first-order valence-corrected chi connectivity index (χ1v) is 10.0. The summed E-state index contributed by atoms with van der Waals surface area (Å²) in [5, 5.41) is 7.43. The van der Waals surface area contributed by atoms with Gasteiger partial charge in [0.25, 0.3) is 0 Å². The maximum absolute atomic E-state index is 12.0. The van der Waals surface area contributed by atoms with Gasteiger partial charge in [-0.25, -0.2) is 4.68 Å². The van der Waals surface area contributed by atoms with Crippen LogP contribution < -0.4 is 5.32 Å². The molecule has 1 aromatic heterocycles. The molecule has 1 N–H and O–H groups in total. The van der Waals surface area contributed by atoms with E-state index in [0.717, 1.165) is 16.4 Å². The SMILES string of the molecule is O=C(CSc1nn(-c2ccccc2)c(=S)s1)NCCc1ccccc1. The second-order valence-corrected chi connectivity index (χ2v) is 8.10. The molecular formula is C18H17N3OS3. The van der Waals surface area contributed by atoms with Gasteiger partial charge in [0.15, 0.2) is 8.29 Å². The highest BCUT2D eigenvalue weighted by molar-refractivity contribution is 8.01. The molecule has 0 unspecified atom stereocenters. The number of thioether (sulfide) groups is 1. The molecule has 1 amide bonds. The number of aromatic nitrogens is 2. The second kappa shape index (κ2) is 8.94. The van der Waals surface area contributed by atoms with Crippen molar-refractivity contribution < 1.29 is 4.79 Å². The number of amides is 1. The van der Waals surface area contributed by atoms with Crippen LogP contribution in [0.1, 0.15) is 5.56 Å². The zero-order valence-corrected chi connectivity index (χ0v) is 15.9. The maximum Gasteiger partial charge on any atom is 0.230 e. The molecule has 0 aliphatic carbocycles. The van der Waals surface area contributed by atoms with E-state index in [1.807, 2.05) is 48.5 Å². The molecule has 25 heavy (non-hydrogen) atoms. The highest BCUT2D eigenvalue weighted by Gasteiger charge is 2.09. The molecule has 3 aromatic rings. The lowest BCUT2D eigenvalue weighted by atomic mass is 10.1. The van der Waals surface area contributed by atoms with Gasteiger partial charge in [-0.1, -0.05) is 71.6 Å². The quantitative estimate of drug-likeness (QED) is 0.489. The summed E-state index contributed by atoms with van der Waals surface area (Å²) in [7, 11) is 0. The summed E-state index contributed by atoms with van der Waals surface area (Å²) in [6, 6.07) is 19.9. The number of nitrogens with zero attached hydrogens (tertiary/aromatic N) is 2. The van der Waals surface area contributed by atoms with E-state index < -0.39 is 0 Å². The lowest BCUT2D eigenvalue weighted by Gasteiger charge is -2.04. The Balaban J connectivity index is 1.48. The first kappa shape index (κ1) is 17.8. The van der Waals surface area contributed by atoms with Crippen molar-refractivity contribution in [3.8, 4) is 5.69 Å². The van der Waals surface area contributed by atoms with Gasteiger partial charge in [0.1, 0.15) is 0 Å². The summed E-state index contributed by atoms with van der Waals surface area (Å²) in [6.45, 7) is 0.636. The monoisotopic (exact) mass is 387 g/mol. The first-order chi connectivity index (χ1) is 12.2. The first-order valence-electron chi connectivity index (χ1n) is 7.81. The zero-order chi connectivity index (χ0) is 17.5. The molecular weight excluding hydrogens is 370 g/mol. The van der Waals surface area contributed by atoms with Crippen molar-refractivity contribution in [3.63, 3.8) is 0 Å². The summed E-state index contributed by atoms with van der Waals surface area (Å²) in [5.41, 5.74) is 2.15. The zero-order valence-electron chi connectivity index (χ0n) is 13.4. The minimum absolute atomic E-state index is 0.00770. The van der Waals surface area contributed by atoms with Crippen LogP contribution in [0.4, 0.5) is 0 Å². The lowest BCUT2D eigenvalue weighted by Crippen LogP contribution is -2.27. The largest absolute Gasteiger partial charge is 0.355 e. The molecule has 7 heteroatoms. The Kier molecular flexibility index (Phi) is 6.38. The van der Waals surface area contributed by atoms with Crippen LogP contribution in [0.25, 0.3) is 5.69 Å². The van der Waals surface area contributed by atoms with Gasteiger partial charge in [-0.05, 0) is 36.3 Å². The van der Waals surface area contributed by atoms with E-state index in [1.165, 1.54) is 28.7 Å². The number of benzene rings is 2. The van der Waals surface area contributed by atoms with Crippen molar-refractivity contribution in [2.24, 2.45) is 0 Å². The molecule has 2 aromatic carbocycles. The van der Waals surface area contributed by atoms with E-state index in [1.54, 1.807) is 4.68 Å². The third-order valence-electron chi connectivity index (χ3n) is 3.44. The number of rotatable bonds is 7. The number of para-hydroxylation sites is 1. The molecule has 0 radical (unpaired) electrons. The number of carbonyl (C=O) groups excluding carboxylic acids is 1.